The molecule has 1 atom stereocenters. The molecule has 0 amide bonds. The Hall–Kier alpha value is -1.33. The number of alkyl halides is 6. The molecule has 1 aromatic carbocycles. The highest BCUT2D eigenvalue weighted by molar-refractivity contribution is 7.86. The molecule has 1 aliphatic rings. The van der Waals surface area contributed by atoms with Gasteiger partial charge in [-0.25, -0.2) is 8.42 Å². The van der Waals surface area contributed by atoms with E-state index in [1.54, 1.807) is 6.07 Å². The Morgan fingerprint density at radius 2 is 1.52 bits per heavy atom. The van der Waals surface area contributed by atoms with Crippen molar-refractivity contribution in [3.05, 3.63) is 34.7 Å². The van der Waals surface area contributed by atoms with Crippen LogP contribution in [0.15, 0.2) is 24.3 Å². The second kappa shape index (κ2) is 7.73. The first-order valence-electron chi connectivity index (χ1n) is 8.62. The first-order chi connectivity index (χ1) is 12.9. The molecule has 0 aliphatic heterocycles. The van der Waals surface area contributed by atoms with Crippen LogP contribution in [0.5, 0.6) is 0 Å². The molecule has 29 heavy (non-hydrogen) atoms. The van der Waals surface area contributed by atoms with Crippen LogP contribution in [-0.4, -0.2) is 18.5 Å². The Labute approximate surface area is 167 Å². The van der Waals surface area contributed by atoms with Crippen LogP contribution in [0.4, 0.5) is 26.3 Å². The van der Waals surface area contributed by atoms with Crippen LogP contribution in [-0.2, 0) is 21.0 Å². The molecule has 1 fully saturated rings. The van der Waals surface area contributed by atoms with Gasteiger partial charge in [0.15, 0.2) is 19.7 Å². The fraction of sp³-hybridized carbons (Fsp3) is 0.556. The summed E-state index contributed by atoms with van der Waals surface area (Å²) in [6.45, 7) is 6.11. The first-order valence-corrected chi connectivity index (χ1v) is 11.3. The minimum atomic E-state index is -6.09. The van der Waals surface area contributed by atoms with Crippen molar-refractivity contribution in [3.63, 3.8) is 0 Å². The summed E-state index contributed by atoms with van der Waals surface area (Å²) >= 11 is 0. The first kappa shape index (κ1) is 23.9. The van der Waals surface area contributed by atoms with E-state index in [0.29, 0.717) is 9.58 Å². The molecule has 1 unspecified atom stereocenters. The lowest BCUT2D eigenvalue weighted by atomic mass is 9.84. The molecule has 0 saturated heterocycles. The number of benzene rings is 1. The summed E-state index contributed by atoms with van der Waals surface area (Å²) < 4.78 is 100. The normalized spacial score (nSPS) is 17.0. The Kier molecular flexibility index (Phi) is 6.39. The minimum Gasteiger partial charge on any atom is -0.741 e. The third-order valence-corrected chi connectivity index (χ3v) is 7.40. The zero-order valence-electron chi connectivity index (χ0n) is 15.8. The molecule has 1 saturated carbocycles. The smallest absolute Gasteiger partial charge is 0.600 e. The highest BCUT2D eigenvalue weighted by atomic mass is 32.2. The standard InChI is InChI=1S/C17H20F3S.CHF3O3S/c1-16(2,3)13-8-7-12-9-14(11-5-4-6-11)21(15(12)10-13)17(18,19)20;2-1(3,4)8(5,6)7/h7-11H,4-6H2,1-3H3;(H,5,6,7)/q+1;/p-1. The molecule has 0 spiro atoms. The average molecular weight is 462 g/mol. The lowest BCUT2D eigenvalue weighted by Crippen LogP contribution is -2.21. The quantitative estimate of drug-likeness (QED) is 0.206. The van der Waals surface area contributed by atoms with E-state index in [2.05, 4.69) is 0 Å². The van der Waals surface area contributed by atoms with E-state index in [-0.39, 0.29) is 11.3 Å². The Morgan fingerprint density at radius 3 is 1.86 bits per heavy atom. The number of hydrogen-bond acceptors (Lipinski definition) is 3. The lowest BCUT2D eigenvalue weighted by molar-refractivity contribution is -0.0868. The van der Waals surface area contributed by atoms with Crippen LogP contribution in [0.2, 0.25) is 0 Å². The summed E-state index contributed by atoms with van der Waals surface area (Å²) in [5.41, 5.74) is -8.96. The lowest BCUT2D eigenvalue weighted by Gasteiger charge is -2.22. The number of thiophene rings is 1. The Morgan fingerprint density at radius 1 is 1.00 bits per heavy atom. The summed E-state index contributed by atoms with van der Waals surface area (Å²) in [6.07, 6.45) is 2.87. The molecule has 1 aromatic heterocycles. The topological polar surface area (TPSA) is 57.2 Å². The summed E-state index contributed by atoms with van der Waals surface area (Å²) in [7, 11) is -7.81. The molecule has 2 aromatic rings. The maximum Gasteiger partial charge on any atom is 0.600 e. The molecule has 0 radical (unpaired) electrons. The molecular formula is C18H20F6O3S2. The summed E-state index contributed by atoms with van der Waals surface area (Å²) in [5.74, 6) is 0.139. The van der Waals surface area contributed by atoms with E-state index >= 15 is 0 Å². The van der Waals surface area contributed by atoms with Crippen molar-refractivity contribution in [2.75, 3.05) is 0 Å². The number of halogens is 6. The molecule has 3 nitrogen and oxygen atoms in total. The highest BCUT2D eigenvalue weighted by Gasteiger charge is 2.50. The minimum absolute atomic E-state index is 0.130. The van der Waals surface area contributed by atoms with Crippen LogP contribution in [0.25, 0.3) is 10.1 Å². The predicted molar refractivity (Wildman–Crippen MR) is 98.8 cm³/mol. The molecule has 164 valence electrons. The van der Waals surface area contributed by atoms with Gasteiger partial charge in [0.2, 0.25) is 0 Å². The van der Waals surface area contributed by atoms with Crippen molar-refractivity contribution < 1.29 is 39.3 Å². The summed E-state index contributed by atoms with van der Waals surface area (Å²) in [4.78, 5) is 0.620. The molecule has 1 heterocycles. The van der Waals surface area contributed by atoms with Gasteiger partial charge in [0.1, 0.15) is 0 Å². The van der Waals surface area contributed by atoms with Crippen LogP contribution >= 0.6 is 10.5 Å². The van der Waals surface area contributed by atoms with Crippen LogP contribution in [0.3, 0.4) is 0 Å². The van der Waals surface area contributed by atoms with Crippen molar-refractivity contribution in [2.45, 2.75) is 62.4 Å². The van der Waals surface area contributed by atoms with Gasteiger partial charge < -0.3 is 4.55 Å². The van der Waals surface area contributed by atoms with Crippen molar-refractivity contribution in [1.82, 2.24) is 0 Å². The fourth-order valence-electron chi connectivity index (χ4n) is 2.87. The Balaban J connectivity index is 0.000000321. The van der Waals surface area contributed by atoms with Gasteiger partial charge in [-0.15, -0.1) is 13.2 Å². The molecule has 0 N–H and O–H groups in total. The van der Waals surface area contributed by atoms with Crippen molar-refractivity contribution in [1.29, 1.82) is 0 Å². The fourth-order valence-corrected chi connectivity index (χ4v) is 5.06. The van der Waals surface area contributed by atoms with Gasteiger partial charge in [-0.05, 0) is 29.9 Å². The largest absolute Gasteiger partial charge is 0.741 e. The zero-order chi connectivity index (χ0) is 22.4. The highest BCUT2D eigenvalue weighted by Crippen LogP contribution is 2.56. The van der Waals surface area contributed by atoms with Gasteiger partial charge in [-0.1, -0.05) is 33.3 Å². The maximum absolute atomic E-state index is 13.6. The van der Waals surface area contributed by atoms with Crippen LogP contribution < -0.4 is 0 Å². The van der Waals surface area contributed by atoms with Gasteiger partial charge >= 0.3 is 11.0 Å². The van der Waals surface area contributed by atoms with Crippen molar-refractivity contribution >= 4 is 30.7 Å². The second-order valence-electron chi connectivity index (χ2n) is 7.83. The zero-order valence-corrected chi connectivity index (χ0v) is 17.5. The van der Waals surface area contributed by atoms with Crippen LogP contribution in [0.1, 0.15) is 56.4 Å². The molecule has 3 rings (SSSR count). The molecule has 0 bridgehead atoms. The second-order valence-corrected chi connectivity index (χ2v) is 11.2. The maximum atomic E-state index is 13.6. The van der Waals surface area contributed by atoms with E-state index in [1.807, 2.05) is 39.0 Å². The van der Waals surface area contributed by atoms with Gasteiger partial charge in [-0.3, -0.25) is 0 Å². The van der Waals surface area contributed by atoms with E-state index in [1.165, 1.54) is 0 Å². The summed E-state index contributed by atoms with van der Waals surface area (Å²) in [5, 5.41) is 0.769. The predicted octanol–water partition coefficient (Wildman–Crippen LogP) is 6.68. The third-order valence-electron chi connectivity index (χ3n) is 4.66. The van der Waals surface area contributed by atoms with Crippen LogP contribution in [0, 0.1) is 0 Å². The van der Waals surface area contributed by atoms with Gasteiger partial charge in [0, 0.05) is 23.4 Å². The van der Waals surface area contributed by atoms with Gasteiger partial charge in [-0.2, -0.15) is 13.2 Å². The monoisotopic (exact) mass is 462 g/mol. The summed E-state index contributed by atoms with van der Waals surface area (Å²) in [6, 6.07) is 7.43. The SMILES string of the molecule is CC(C)(C)c1ccc2cc(C3CCC3)[s+](C(F)(F)F)c2c1.O=S(=O)([O-])C(F)(F)F. The van der Waals surface area contributed by atoms with E-state index < -0.39 is 31.6 Å². The number of hydrogen-bond donors (Lipinski definition) is 0. The Bertz CT molecular complexity index is 978. The molecule has 1 aliphatic carbocycles. The van der Waals surface area contributed by atoms with E-state index in [9.17, 15) is 26.3 Å². The van der Waals surface area contributed by atoms with Crippen molar-refractivity contribution in [2.24, 2.45) is 0 Å². The average Bonchev–Trinajstić information content (AvgIpc) is 2.80. The van der Waals surface area contributed by atoms with Crippen molar-refractivity contribution in [3.8, 4) is 0 Å². The number of rotatable bonds is 1. The number of fused-ring (bicyclic) bond motifs is 1. The van der Waals surface area contributed by atoms with Gasteiger partial charge in [0.05, 0.1) is 10.5 Å². The molecular weight excluding hydrogens is 442 g/mol. The van der Waals surface area contributed by atoms with E-state index in [4.69, 9.17) is 13.0 Å². The molecule has 11 heteroatoms. The third kappa shape index (κ3) is 5.43. The van der Waals surface area contributed by atoms with Gasteiger partial charge in [0.25, 0.3) is 0 Å². The van der Waals surface area contributed by atoms with E-state index in [0.717, 1.165) is 30.2 Å².